The highest BCUT2D eigenvalue weighted by Crippen LogP contribution is 2.07. The summed E-state index contributed by atoms with van der Waals surface area (Å²) in [7, 11) is 0. The summed E-state index contributed by atoms with van der Waals surface area (Å²) < 4.78 is 5.45. The molecule has 110 valence electrons. The molecule has 0 aliphatic rings. The molecule has 0 saturated heterocycles. The summed E-state index contributed by atoms with van der Waals surface area (Å²) in [5.41, 5.74) is 1.04. The zero-order valence-electron chi connectivity index (χ0n) is 12.0. The Morgan fingerprint density at radius 1 is 1.42 bits per heavy atom. The highest BCUT2D eigenvalue weighted by atomic mass is 32.1. The lowest BCUT2D eigenvalue weighted by Crippen LogP contribution is -2.30. The van der Waals surface area contributed by atoms with Crippen LogP contribution in [0.1, 0.15) is 43.3 Å². The molecule has 5 heteroatoms. The highest BCUT2D eigenvalue weighted by molar-refractivity contribution is 7.09. The van der Waals surface area contributed by atoms with Crippen molar-refractivity contribution in [2.24, 2.45) is 0 Å². The zero-order chi connectivity index (χ0) is 13.9. The Bertz CT molecular complexity index is 331. The molecule has 0 spiro atoms. The van der Waals surface area contributed by atoms with E-state index in [9.17, 15) is 5.11 Å². The van der Waals surface area contributed by atoms with E-state index in [1.54, 1.807) is 11.3 Å². The first kappa shape index (κ1) is 16.6. The maximum Gasteiger partial charge on any atom is 0.0897 e. The van der Waals surface area contributed by atoms with Gasteiger partial charge in [0.15, 0.2) is 0 Å². The molecule has 0 amide bonds. The number of hydrogen-bond acceptors (Lipinski definition) is 5. The van der Waals surface area contributed by atoms with Crippen LogP contribution in [0.5, 0.6) is 0 Å². The largest absolute Gasteiger partial charge is 0.389 e. The van der Waals surface area contributed by atoms with Crippen LogP contribution in [0.3, 0.4) is 0 Å². The fourth-order valence-corrected chi connectivity index (χ4v) is 2.38. The van der Waals surface area contributed by atoms with Crippen molar-refractivity contribution in [1.82, 2.24) is 10.3 Å². The maximum absolute atomic E-state index is 9.73. The number of ether oxygens (including phenoxy) is 1. The molecule has 1 atom stereocenters. The first-order valence-electron chi connectivity index (χ1n) is 7.10. The second kappa shape index (κ2) is 10.3. The molecule has 0 aliphatic heterocycles. The maximum atomic E-state index is 9.73. The van der Waals surface area contributed by atoms with Crippen molar-refractivity contribution in [3.8, 4) is 0 Å². The summed E-state index contributed by atoms with van der Waals surface area (Å²) in [4.78, 5) is 4.35. The Morgan fingerprint density at radius 3 is 2.95 bits per heavy atom. The van der Waals surface area contributed by atoms with Crippen molar-refractivity contribution in [3.63, 3.8) is 0 Å². The monoisotopic (exact) mass is 286 g/mol. The van der Waals surface area contributed by atoms with Gasteiger partial charge in [-0.3, -0.25) is 0 Å². The number of nitrogens with zero attached hydrogens (tertiary/aromatic N) is 1. The van der Waals surface area contributed by atoms with Crippen LogP contribution in [0, 0.1) is 6.92 Å². The minimum atomic E-state index is -0.439. The number of thiazole rings is 1. The summed E-state index contributed by atoms with van der Waals surface area (Å²) in [5, 5.41) is 16.0. The molecule has 4 nitrogen and oxygen atoms in total. The first-order chi connectivity index (χ1) is 9.22. The molecule has 19 heavy (non-hydrogen) atoms. The summed E-state index contributed by atoms with van der Waals surface area (Å²) in [5.74, 6) is 0. The fraction of sp³-hybridized carbons (Fsp3) is 0.786. The molecule has 1 unspecified atom stereocenters. The molecule has 0 saturated carbocycles. The summed E-state index contributed by atoms with van der Waals surface area (Å²) >= 11 is 1.65. The van der Waals surface area contributed by atoms with E-state index in [1.807, 2.05) is 12.3 Å². The fourth-order valence-electron chi connectivity index (χ4n) is 1.77. The molecular weight excluding hydrogens is 260 g/mol. The number of aliphatic hydroxyl groups excluding tert-OH is 1. The number of aliphatic hydroxyl groups is 1. The number of hydrogen-bond donors (Lipinski definition) is 2. The summed E-state index contributed by atoms with van der Waals surface area (Å²) in [6.07, 6.45) is 4.37. The molecule has 2 N–H and O–H groups in total. The number of rotatable bonds is 11. The van der Waals surface area contributed by atoms with Crippen LogP contribution in [0.25, 0.3) is 0 Å². The molecule has 0 radical (unpaired) electrons. The van der Waals surface area contributed by atoms with Crippen molar-refractivity contribution < 1.29 is 9.84 Å². The van der Waals surface area contributed by atoms with Crippen LogP contribution in [0.4, 0.5) is 0 Å². The lowest BCUT2D eigenvalue weighted by molar-refractivity contribution is 0.0353. The minimum absolute atomic E-state index is 0.412. The number of nitrogens with one attached hydrogen (secondary N) is 1. The molecule has 0 aromatic carbocycles. The van der Waals surface area contributed by atoms with Gasteiger partial charge in [-0.05, 0) is 13.3 Å². The van der Waals surface area contributed by atoms with Gasteiger partial charge < -0.3 is 15.2 Å². The number of unbranched alkanes of at least 4 members (excludes halogenated alkanes) is 3. The van der Waals surface area contributed by atoms with Crippen molar-refractivity contribution in [2.45, 2.75) is 52.2 Å². The van der Waals surface area contributed by atoms with E-state index in [1.165, 1.54) is 19.3 Å². The third-order valence-corrected chi connectivity index (χ3v) is 3.63. The van der Waals surface area contributed by atoms with Crippen LogP contribution >= 0.6 is 11.3 Å². The van der Waals surface area contributed by atoms with Gasteiger partial charge in [-0.15, -0.1) is 11.3 Å². The van der Waals surface area contributed by atoms with Gasteiger partial charge in [-0.1, -0.05) is 26.2 Å². The molecule has 1 rings (SSSR count). The quantitative estimate of drug-likeness (QED) is 0.614. The normalized spacial score (nSPS) is 12.8. The van der Waals surface area contributed by atoms with Crippen molar-refractivity contribution in [3.05, 3.63) is 16.1 Å². The summed E-state index contributed by atoms with van der Waals surface area (Å²) in [6, 6.07) is 0. The molecule has 0 fully saturated rings. The van der Waals surface area contributed by atoms with Crippen molar-refractivity contribution in [2.75, 3.05) is 19.8 Å². The van der Waals surface area contributed by atoms with E-state index < -0.39 is 6.10 Å². The molecule has 0 aliphatic carbocycles. The van der Waals surface area contributed by atoms with E-state index in [0.29, 0.717) is 19.7 Å². The van der Waals surface area contributed by atoms with Gasteiger partial charge in [0.2, 0.25) is 0 Å². The lowest BCUT2D eigenvalue weighted by Gasteiger charge is -2.11. The predicted molar refractivity (Wildman–Crippen MR) is 79.5 cm³/mol. The molecule has 0 bridgehead atoms. The number of aryl methyl sites for hydroxylation is 1. The smallest absolute Gasteiger partial charge is 0.0897 e. The van der Waals surface area contributed by atoms with Crippen LogP contribution in [0.15, 0.2) is 5.38 Å². The van der Waals surface area contributed by atoms with E-state index in [-0.39, 0.29) is 0 Å². The summed E-state index contributed by atoms with van der Waals surface area (Å²) in [6.45, 7) is 6.61. The lowest BCUT2D eigenvalue weighted by atomic mass is 10.2. The SMILES string of the molecule is CCCCCCOCC(O)CNCc1csc(C)n1. The standard InChI is InChI=1S/C14H26N2O2S/c1-3-4-5-6-7-18-10-14(17)9-15-8-13-11-19-12(2)16-13/h11,14-15,17H,3-10H2,1-2H3. The Morgan fingerprint density at radius 2 is 2.26 bits per heavy atom. The van der Waals surface area contributed by atoms with Crippen molar-refractivity contribution in [1.29, 1.82) is 0 Å². The Balaban J connectivity index is 1.94. The predicted octanol–water partition coefficient (Wildman–Crippen LogP) is 2.50. The molecule has 1 aromatic heterocycles. The zero-order valence-corrected chi connectivity index (χ0v) is 12.8. The van der Waals surface area contributed by atoms with Gasteiger partial charge in [0.25, 0.3) is 0 Å². The Kier molecular flexibility index (Phi) is 8.99. The van der Waals surface area contributed by atoms with Crippen LogP contribution < -0.4 is 5.32 Å². The number of aromatic nitrogens is 1. The minimum Gasteiger partial charge on any atom is -0.389 e. The van der Waals surface area contributed by atoms with Gasteiger partial charge in [-0.25, -0.2) is 4.98 Å². The van der Waals surface area contributed by atoms with Crippen LogP contribution in [-0.4, -0.2) is 36.0 Å². The molecule has 1 heterocycles. The van der Waals surface area contributed by atoms with Gasteiger partial charge in [-0.2, -0.15) is 0 Å². The van der Waals surface area contributed by atoms with Gasteiger partial charge in [0.1, 0.15) is 0 Å². The molecular formula is C14H26N2O2S. The topological polar surface area (TPSA) is 54.4 Å². The highest BCUT2D eigenvalue weighted by Gasteiger charge is 2.04. The Hall–Kier alpha value is -0.490. The molecule has 1 aromatic rings. The third-order valence-electron chi connectivity index (χ3n) is 2.81. The third kappa shape index (κ3) is 8.31. The van der Waals surface area contributed by atoms with Gasteiger partial charge in [0, 0.05) is 25.1 Å². The van der Waals surface area contributed by atoms with E-state index in [2.05, 4.69) is 17.2 Å². The van der Waals surface area contributed by atoms with E-state index in [4.69, 9.17) is 4.74 Å². The average Bonchev–Trinajstić information content (AvgIpc) is 2.79. The van der Waals surface area contributed by atoms with Crippen LogP contribution in [-0.2, 0) is 11.3 Å². The second-order valence-corrected chi connectivity index (χ2v) is 5.84. The van der Waals surface area contributed by atoms with Gasteiger partial charge >= 0.3 is 0 Å². The van der Waals surface area contributed by atoms with Crippen LogP contribution in [0.2, 0.25) is 0 Å². The average molecular weight is 286 g/mol. The second-order valence-electron chi connectivity index (χ2n) is 4.78. The van der Waals surface area contributed by atoms with Gasteiger partial charge in [0.05, 0.1) is 23.4 Å². The first-order valence-corrected chi connectivity index (χ1v) is 7.98. The Labute approximate surface area is 120 Å². The van der Waals surface area contributed by atoms with E-state index in [0.717, 1.165) is 23.7 Å². The van der Waals surface area contributed by atoms with Crippen molar-refractivity contribution >= 4 is 11.3 Å². The van der Waals surface area contributed by atoms with E-state index >= 15 is 0 Å².